The van der Waals surface area contributed by atoms with Gasteiger partial charge in [0, 0.05) is 5.69 Å². The molecule has 0 radical (unpaired) electrons. The largest absolute Gasteiger partial charge is 0.746 e. The number of anilines is 1. The maximum Gasteiger partial charge on any atom is 0.119 e. The lowest BCUT2D eigenvalue weighted by Crippen LogP contribution is -2.34. The molecule has 0 aliphatic rings. The Morgan fingerprint density at radius 2 is 1.73 bits per heavy atom. The Balaban J connectivity index is 2.87. The van der Waals surface area contributed by atoms with Crippen LogP contribution in [-0.4, -0.2) is 18.3 Å². The predicted molar refractivity (Wildman–Crippen MR) is 58.4 cm³/mol. The van der Waals surface area contributed by atoms with E-state index < -0.39 is 15.5 Å². The van der Waals surface area contributed by atoms with Crippen LogP contribution in [-0.2, 0) is 10.1 Å². The molecule has 0 aromatic heterocycles. The Kier molecular flexibility index (Phi) is 3.71. The Morgan fingerprint density at radius 1 is 1.20 bits per heavy atom. The summed E-state index contributed by atoms with van der Waals surface area (Å²) in [6, 6.07) is 8.82. The zero-order valence-corrected chi connectivity index (χ0v) is 9.49. The van der Waals surface area contributed by atoms with Crippen LogP contribution < -0.4 is 5.32 Å². The fourth-order valence-corrected chi connectivity index (χ4v) is 2.22. The maximum absolute atomic E-state index is 11.0. The Bertz CT molecular complexity index is 400. The number of benzene rings is 1. The first-order chi connectivity index (χ1) is 6.91. The molecule has 0 spiro atoms. The van der Waals surface area contributed by atoms with Crippen LogP contribution in [0.25, 0.3) is 0 Å². The van der Waals surface area contributed by atoms with Crippen molar-refractivity contribution < 1.29 is 13.0 Å². The number of hydrogen-bond donors (Lipinski definition) is 1. The van der Waals surface area contributed by atoms with Crippen LogP contribution >= 0.6 is 0 Å². The summed E-state index contributed by atoms with van der Waals surface area (Å²) in [5.41, 5.74) is 0.635. The van der Waals surface area contributed by atoms with Gasteiger partial charge in [0.1, 0.15) is 15.5 Å². The van der Waals surface area contributed by atoms with Crippen molar-refractivity contribution in [3.05, 3.63) is 30.3 Å². The molecule has 15 heavy (non-hydrogen) atoms. The van der Waals surface area contributed by atoms with E-state index in [1.807, 2.05) is 6.07 Å². The van der Waals surface area contributed by atoms with Crippen LogP contribution in [0.2, 0.25) is 0 Å². The van der Waals surface area contributed by atoms with Gasteiger partial charge < -0.3 is 9.87 Å². The van der Waals surface area contributed by atoms with Gasteiger partial charge in [0.25, 0.3) is 0 Å². The minimum absolute atomic E-state index is 0.271. The first-order valence-electron chi connectivity index (χ1n) is 4.67. The first-order valence-corrected chi connectivity index (χ1v) is 6.14. The van der Waals surface area contributed by atoms with E-state index in [0.29, 0.717) is 5.69 Å². The highest BCUT2D eigenvalue weighted by atomic mass is 32.2. The third-order valence-electron chi connectivity index (χ3n) is 2.00. The summed E-state index contributed by atoms with van der Waals surface area (Å²) >= 11 is 0. The van der Waals surface area contributed by atoms with Crippen LogP contribution in [0.4, 0.5) is 5.69 Å². The Morgan fingerprint density at radius 3 is 2.13 bits per heavy atom. The minimum atomic E-state index is -4.32. The van der Waals surface area contributed by atoms with E-state index in [4.69, 9.17) is 0 Å². The quantitative estimate of drug-likeness (QED) is 0.795. The molecule has 0 fully saturated rings. The van der Waals surface area contributed by atoms with Crippen LogP contribution in [0.15, 0.2) is 30.3 Å². The molecule has 0 saturated heterocycles. The van der Waals surface area contributed by atoms with Crippen LogP contribution in [0.5, 0.6) is 0 Å². The summed E-state index contributed by atoms with van der Waals surface area (Å²) < 4.78 is 32.9. The fourth-order valence-electron chi connectivity index (χ4n) is 1.27. The van der Waals surface area contributed by atoms with Crippen LogP contribution in [0.3, 0.4) is 0 Å². The number of nitrogens with one attached hydrogen (secondary N) is 1. The van der Waals surface area contributed by atoms with Gasteiger partial charge in [-0.25, -0.2) is 8.42 Å². The second-order valence-electron chi connectivity index (χ2n) is 3.67. The highest BCUT2D eigenvalue weighted by molar-refractivity contribution is 7.86. The summed E-state index contributed by atoms with van der Waals surface area (Å²) in [6.07, 6.45) is 0. The zero-order valence-electron chi connectivity index (χ0n) is 8.67. The van der Waals surface area contributed by atoms with Gasteiger partial charge in [0.2, 0.25) is 0 Å². The maximum atomic E-state index is 11.0. The van der Waals surface area contributed by atoms with E-state index in [1.165, 1.54) is 0 Å². The Hall–Kier alpha value is -1.07. The molecule has 4 nitrogen and oxygen atoms in total. The lowest BCUT2D eigenvalue weighted by molar-refractivity contribution is 0.435. The van der Waals surface area contributed by atoms with E-state index in [1.54, 1.807) is 38.1 Å². The Labute approximate surface area is 90.1 Å². The highest BCUT2D eigenvalue weighted by Gasteiger charge is 2.19. The SMILES string of the molecule is CC(C)C(Nc1ccccc1)S(=O)(=O)[O-]. The van der Waals surface area contributed by atoms with Gasteiger partial charge in [-0.2, -0.15) is 0 Å². The molecular formula is C10H14NO3S-. The third-order valence-corrected chi connectivity index (χ3v) is 3.28. The molecule has 0 amide bonds. The van der Waals surface area contributed by atoms with Crippen molar-refractivity contribution in [2.45, 2.75) is 19.2 Å². The molecular weight excluding hydrogens is 214 g/mol. The molecule has 1 atom stereocenters. The normalized spacial score (nSPS) is 13.9. The molecule has 1 aromatic carbocycles. The van der Waals surface area contributed by atoms with Gasteiger partial charge in [-0.3, -0.25) is 0 Å². The molecule has 0 saturated carbocycles. The predicted octanol–water partition coefficient (Wildman–Crippen LogP) is 1.63. The molecule has 1 unspecified atom stereocenters. The van der Waals surface area contributed by atoms with Crippen molar-refractivity contribution in [2.75, 3.05) is 5.32 Å². The molecule has 0 aliphatic heterocycles. The van der Waals surface area contributed by atoms with Gasteiger partial charge in [-0.15, -0.1) is 0 Å². The average Bonchev–Trinajstić information content (AvgIpc) is 2.13. The monoisotopic (exact) mass is 228 g/mol. The first kappa shape index (κ1) is 12.0. The minimum Gasteiger partial charge on any atom is -0.746 e. The van der Waals surface area contributed by atoms with Crippen LogP contribution in [0, 0.1) is 5.92 Å². The number of para-hydroxylation sites is 1. The summed E-state index contributed by atoms with van der Waals surface area (Å²) in [5.74, 6) is -0.271. The summed E-state index contributed by atoms with van der Waals surface area (Å²) in [4.78, 5) is 0. The van der Waals surface area contributed by atoms with E-state index >= 15 is 0 Å². The highest BCUT2D eigenvalue weighted by Crippen LogP contribution is 2.15. The molecule has 0 bridgehead atoms. The molecule has 1 N–H and O–H groups in total. The fraction of sp³-hybridized carbons (Fsp3) is 0.400. The van der Waals surface area contributed by atoms with Gasteiger partial charge in [-0.05, 0) is 18.1 Å². The van der Waals surface area contributed by atoms with Gasteiger partial charge in [0.05, 0.1) is 0 Å². The van der Waals surface area contributed by atoms with Crippen LogP contribution in [0.1, 0.15) is 13.8 Å². The third kappa shape index (κ3) is 3.53. The summed E-state index contributed by atoms with van der Waals surface area (Å²) in [7, 11) is -4.32. The van der Waals surface area contributed by atoms with Crippen molar-refractivity contribution in [2.24, 2.45) is 5.92 Å². The van der Waals surface area contributed by atoms with Crippen molar-refractivity contribution in [3.8, 4) is 0 Å². The van der Waals surface area contributed by atoms with E-state index in [-0.39, 0.29) is 5.92 Å². The average molecular weight is 228 g/mol. The van der Waals surface area contributed by atoms with Gasteiger partial charge in [-0.1, -0.05) is 32.0 Å². The molecule has 5 heteroatoms. The topological polar surface area (TPSA) is 69.2 Å². The molecule has 84 valence electrons. The van der Waals surface area contributed by atoms with Crippen molar-refractivity contribution in [3.63, 3.8) is 0 Å². The summed E-state index contributed by atoms with van der Waals surface area (Å²) in [5, 5.41) is 1.63. The zero-order chi connectivity index (χ0) is 11.5. The molecule has 1 rings (SSSR count). The van der Waals surface area contributed by atoms with E-state index in [2.05, 4.69) is 5.32 Å². The smallest absolute Gasteiger partial charge is 0.119 e. The lowest BCUT2D eigenvalue weighted by Gasteiger charge is -2.26. The van der Waals surface area contributed by atoms with Gasteiger partial charge in [0.15, 0.2) is 0 Å². The number of rotatable bonds is 4. The molecule has 1 aromatic rings. The van der Waals surface area contributed by atoms with Crippen molar-refractivity contribution >= 4 is 15.8 Å². The van der Waals surface area contributed by atoms with Crippen molar-refractivity contribution in [1.82, 2.24) is 0 Å². The number of hydrogen-bond acceptors (Lipinski definition) is 4. The second-order valence-corrected chi connectivity index (χ2v) is 5.16. The second kappa shape index (κ2) is 4.63. The lowest BCUT2D eigenvalue weighted by atomic mass is 10.2. The van der Waals surface area contributed by atoms with E-state index in [0.717, 1.165) is 0 Å². The summed E-state index contributed by atoms with van der Waals surface area (Å²) in [6.45, 7) is 3.38. The van der Waals surface area contributed by atoms with Crippen molar-refractivity contribution in [1.29, 1.82) is 0 Å². The molecule has 0 aliphatic carbocycles. The molecule has 0 heterocycles. The van der Waals surface area contributed by atoms with Gasteiger partial charge >= 0.3 is 0 Å². The van der Waals surface area contributed by atoms with E-state index in [9.17, 15) is 13.0 Å². The standard InChI is InChI=1S/C10H15NO3S/c1-8(2)10(15(12,13)14)11-9-6-4-3-5-7-9/h3-8,10-11H,1-2H3,(H,12,13,14)/p-1.